The van der Waals surface area contributed by atoms with Gasteiger partial charge in [0.25, 0.3) is 0 Å². The molecule has 0 spiro atoms. The van der Waals surface area contributed by atoms with Gasteiger partial charge in [0, 0.05) is 17.3 Å². The first-order valence-corrected chi connectivity index (χ1v) is 9.35. The van der Waals surface area contributed by atoms with Gasteiger partial charge in [-0.15, -0.1) is 0 Å². The van der Waals surface area contributed by atoms with E-state index in [1.54, 1.807) is 12.1 Å². The number of nitrogens with zero attached hydrogens (tertiary/aromatic N) is 2. The summed E-state index contributed by atoms with van der Waals surface area (Å²) in [5, 5.41) is 12.4. The maximum Gasteiger partial charge on any atom is 0.227 e. The molecule has 1 saturated carbocycles. The van der Waals surface area contributed by atoms with Crippen molar-refractivity contribution in [2.45, 2.75) is 12.8 Å². The van der Waals surface area contributed by atoms with Crippen molar-refractivity contribution in [2.75, 3.05) is 5.32 Å². The minimum atomic E-state index is 0.114. The van der Waals surface area contributed by atoms with Gasteiger partial charge in [0.2, 0.25) is 5.91 Å². The number of anilines is 1. The van der Waals surface area contributed by atoms with E-state index in [1.165, 1.54) is 0 Å². The van der Waals surface area contributed by atoms with E-state index >= 15 is 0 Å². The third-order valence-corrected chi connectivity index (χ3v) is 5.11. The van der Waals surface area contributed by atoms with Gasteiger partial charge >= 0.3 is 0 Å². The average molecular weight is 369 g/mol. The maximum absolute atomic E-state index is 11.9. The predicted molar refractivity (Wildman–Crippen MR) is 110 cm³/mol. The molecule has 0 atom stereocenters. The number of carbonyl (C=O) groups excluding carboxylic acids is 1. The minimum Gasteiger partial charge on any atom is -0.508 e. The monoisotopic (exact) mass is 369 g/mol. The molecule has 4 aromatic rings. The highest BCUT2D eigenvalue weighted by atomic mass is 16.3. The summed E-state index contributed by atoms with van der Waals surface area (Å²) in [6.07, 6.45) is 3.80. The van der Waals surface area contributed by atoms with Crippen molar-refractivity contribution >= 4 is 22.6 Å². The van der Waals surface area contributed by atoms with Crippen LogP contribution in [0.4, 0.5) is 5.69 Å². The number of fused-ring (bicyclic) bond motifs is 1. The number of benzene rings is 3. The van der Waals surface area contributed by atoms with Gasteiger partial charge in [-0.2, -0.15) is 0 Å². The van der Waals surface area contributed by atoms with Crippen LogP contribution in [0.1, 0.15) is 12.8 Å². The Bertz CT molecular complexity index is 1160. The number of nitrogens with one attached hydrogen (secondary N) is 1. The number of hydrogen-bond acceptors (Lipinski definition) is 3. The van der Waals surface area contributed by atoms with Gasteiger partial charge in [-0.3, -0.25) is 9.36 Å². The lowest BCUT2D eigenvalue weighted by molar-refractivity contribution is -0.117. The van der Waals surface area contributed by atoms with Crippen LogP contribution in [-0.2, 0) is 4.79 Å². The second-order valence-corrected chi connectivity index (χ2v) is 7.18. The number of hydrogen-bond donors (Lipinski definition) is 2. The number of carbonyl (C=O) groups is 1. The summed E-state index contributed by atoms with van der Waals surface area (Å²) in [4.78, 5) is 16.4. The van der Waals surface area contributed by atoms with Gasteiger partial charge in [-0.25, -0.2) is 4.98 Å². The topological polar surface area (TPSA) is 67.2 Å². The van der Waals surface area contributed by atoms with E-state index in [2.05, 4.69) is 16.4 Å². The van der Waals surface area contributed by atoms with Crippen LogP contribution >= 0.6 is 0 Å². The summed E-state index contributed by atoms with van der Waals surface area (Å²) in [5.74, 6) is 0.563. The highest BCUT2D eigenvalue weighted by Crippen LogP contribution is 2.30. The van der Waals surface area contributed by atoms with Gasteiger partial charge in [0.1, 0.15) is 12.1 Å². The molecule has 28 heavy (non-hydrogen) atoms. The van der Waals surface area contributed by atoms with Crippen LogP contribution in [0, 0.1) is 5.92 Å². The number of aromatic nitrogens is 2. The second kappa shape index (κ2) is 6.53. The summed E-state index contributed by atoms with van der Waals surface area (Å²) in [7, 11) is 0. The molecule has 0 unspecified atom stereocenters. The molecule has 1 amide bonds. The number of aromatic hydroxyl groups is 1. The van der Waals surface area contributed by atoms with Gasteiger partial charge < -0.3 is 10.4 Å². The van der Waals surface area contributed by atoms with Crippen molar-refractivity contribution in [3.05, 3.63) is 73.1 Å². The van der Waals surface area contributed by atoms with Crippen molar-refractivity contribution in [2.24, 2.45) is 5.92 Å². The van der Waals surface area contributed by atoms with Crippen molar-refractivity contribution in [3.63, 3.8) is 0 Å². The molecule has 1 fully saturated rings. The first kappa shape index (κ1) is 16.6. The fourth-order valence-corrected chi connectivity index (χ4v) is 3.35. The van der Waals surface area contributed by atoms with Crippen LogP contribution in [0.15, 0.2) is 73.1 Å². The molecule has 0 saturated heterocycles. The Labute approximate surface area is 162 Å². The molecule has 138 valence electrons. The number of phenolic OH excluding ortho intramolecular Hbond substituents is 1. The fourth-order valence-electron chi connectivity index (χ4n) is 3.35. The third-order valence-electron chi connectivity index (χ3n) is 5.11. The largest absolute Gasteiger partial charge is 0.508 e. The summed E-state index contributed by atoms with van der Waals surface area (Å²) in [5.41, 5.74) is 5.80. The smallest absolute Gasteiger partial charge is 0.227 e. The molecule has 1 aromatic heterocycles. The summed E-state index contributed by atoms with van der Waals surface area (Å²) in [6.45, 7) is 0. The van der Waals surface area contributed by atoms with Crippen LogP contribution in [0.2, 0.25) is 0 Å². The summed E-state index contributed by atoms with van der Waals surface area (Å²) >= 11 is 0. The molecule has 0 radical (unpaired) electrons. The van der Waals surface area contributed by atoms with Crippen molar-refractivity contribution in [1.29, 1.82) is 0 Å². The van der Waals surface area contributed by atoms with Crippen LogP contribution in [0.5, 0.6) is 5.75 Å². The molecule has 3 aromatic carbocycles. The lowest BCUT2D eigenvalue weighted by Gasteiger charge is -2.08. The quantitative estimate of drug-likeness (QED) is 0.546. The van der Waals surface area contributed by atoms with Crippen molar-refractivity contribution in [1.82, 2.24) is 9.55 Å². The van der Waals surface area contributed by atoms with Crippen molar-refractivity contribution in [3.8, 4) is 22.6 Å². The number of amides is 1. The van der Waals surface area contributed by atoms with Crippen LogP contribution < -0.4 is 5.32 Å². The summed E-state index contributed by atoms with van der Waals surface area (Å²) < 4.78 is 2.03. The summed E-state index contributed by atoms with van der Waals surface area (Å²) in [6, 6.07) is 21.1. The molecular formula is C23H19N3O2. The molecular weight excluding hydrogens is 350 g/mol. The standard InChI is InChI=1S/C23H19N3O2/c27-20-10-3-15(4-11-20)17-5-12-22-21(13-17)24-14-26(22)19-8-6-18(7-9-19)25-23(28)16-1-2-16/h3-14,16,27H,1-2H2,(H,25,28). The van der Waals surface area contributed by atoms with Gasteiger partial charge in [-0.05, 0) is 72.5 Å². The van der Waals surface area contributed by atoms with Crippen LogP contribution in [0.25, 0.3) is 27.8 Å². The average Bonchev–Trinajstić information content (AvgIpc) is 3.49. The van der Waals surface area contributed by atoms with E-state index in [0.717, 1.165) is 46.4 Å². The van der Waals surface area contributed by atoms with E-state index in [4.69, 9.17) is 0 Å². The van der Waals surface area contributed by atoms with Crippen LogP contribution in [-0.4, -0.2) is 20.6 Å². The Morgan fingerprint density at radius 3 is 2.39 bits per heavy atom. The molecule has 5 rings (SSSR count). The van der Waals surface area contributed by atoms with E-state index in [9.17, 15) is 9.90 Å². The molecule has 5 nitrogen and oxygen atoms in total. The Kier molecular flexibility index (Phi) is 3.86. The van der Waals surface area contributed by atoms with E-state index < -0.39 is 0 Å². The number of phenols is 1. The predicted octanol–water partition coefficient (Wildman–Crippen LogP) is 4.75. The Morgan fingerprint density at radius 2 is 1.68 bits per heavy atom. The zero-order valence-electron chi connectivity index (χ0n) is 15.2. The van der Waals surface area contributed by atoms with Gasteiger partial charge in [0.05, 0.1) is 11.0 Å². The maximum atomic E-state index is 11.9. The number of imidazole rings is 1. The van der Waals surface area contributed by atoms with Crippen LogP contribution in [0.3, 0.4) is 0 Å². The third kappa shape index (κ3) is 3.11. The lowest BCUT2D eigenvalue weighted by Crippen LogP contribution is -2.13. The van der Waals surface area contributed by atoms with E-state index in [1.807, 2.05) is 59.4 Å². The normalized spacial score (nSPS) is 13.6. The van der Waals surface area contributed by atoms with Gasteiger partial charge in [-0.1, -0.05) is 18.2 Å². The molecule has 1 aliphatic rings. The SMILES string of the molecule is O=C(Nc1ccc(-n2cnc3cc(-c4ccc(O)cc4)ccc32)cc1)C1CC1. The zero-order valence-corrected chi connectivity index (χ0v) is 15.2. The molecule has 1 aliphatic carbocycles. The zero-order chi connectivity index (χ0) is 19.1. The molecule has 0 bridgehead atoms. The van der Waals surface area contributed by atoms with E-state index in [0.29, 0.717) is 0 Å². The minimum absolute atomic E-state index is 0.114. The van der Waals surface area contributed by atoms with Gasteiger partial charge in [0.15, 0.2) is 0 Å². The Morgan fingerprint density at radius 1 is 0.964 bits per heavy atom. The second-order valence-electron chi connectivity index (χ2n) is 7.18. The van der Waals surface area contributed by atoms with E-state index in [-0.39, 0.29) is 17.6 Å². The fraction of sp³-hybridized carbons (Fsp3) is 0.130. The first-order chi connectivity index (χ1) is 13.7. The molecule has 1 heterocycles. The first-order valence-electron chi connectivity index (χ1n) is 9.35. The Hall–Kier alpha value is -3.60. The molecule has 0 aliphatic heterocycles. The highest BCUT2D eigenvalue weighted by Gasteiger charge is 2.29. The Balaban J connectivity index is 1.43. The number of rotatable bonds is 4. The molecule has 5 heteroatoms. The van der Waals surface area contributed by atoms with Crippen molar-refractivity contribution < 1.29 is 9.90 Å². The molecule has 2 N–H and O–H groups in total. The lowest BCUT2D eigenvalue weighted by atomic mass is 10.1. The highest BCUT2D eigenvalue weighted by molar-refractivity contribution is 5.94.